The van der Waals surface area contributed by atoms with Gasteiger partial charge in [-0.15, -0.1) is 0 Å². The summed E-state index contributed by atoms with van der Waals surface area (Å²) in [4.78, 5) is 5.17. The molecule has 2 atom stereocenters. The van der Waals surface area contributed by atoms with Crippen molar-refractivity contribution in [3.63, 3.8) is 0 Å². The molecular formula is C15H22N2O. The lowest BCUT2D eigenvalue weighted by molar-refractivity contribution is 0.0908. The number of ether oxygens (including phenoxy) is 1. The molecule has 0 saturated carbocycles. The van der Waals surface area contributed by atoms with Gasteiger partial charge in [-0.05, 0) is 12.0 Å². The van der Waals surface area contributed by atoms with Crippen LogP contribution in [0.15, 0.2) is 30.3 Å². The fraction of sp³-hybridized carbons (Fsp3) is 0.600. The molecule has 98 valence electrons. The van der Waals surface area contributed by atoms with E-state index in [1.165, 1.54) is 31.6 Å². The molecule has 0 N–H and O–H groups in total. The van der Waals surface area contributed by atoms with Crippen molar-refractivity contribution in [3.05, 3.63) is 35.9 Å². The number of rotatable bonds is 3. The summed E-state index contributed by atoms with van der Waals surface area (Å²) in [5.41, 5.74) is 1.42. The number of methoxy groups -OCH3 is 1. The molecule has 2 unspecified atom stereocenters. The van der Waals surface area contributed by atoms with E-state index in [-0.39, 0.29) is 0 Å². The summed E-state index contributed by atoms with van der Waals surface area (Å²) in [7, 11) is 1.84. The maximum absolute atomic E-state index is 5.50. The molecule has 2 saturated heterocycles. The van der Waals surface area contributed by atoms with Crippen LogP contribution in [0.2, 0.25) is 0 Å². The second kappa shape index (κ2) is 5.39. The minimum Gasteiger partial charge on any atom is -0.380 e. The second-order valence-electron chi connectivity index (χ2n) is 5.46. The highest BCUT2D eigenvalue weighted by Gasteiger charge is 2.35. The average Bonchev–Trinajstić information content (AvgIpc) is 2.82. The summed E-state index contributed by atoms with van der Waals surface area (Å²) in [6.07, 6.45) is 1.65. The van der Waals surface area contributed by atoms with E-state index >= 15 is 0 Å². The Balaban J connectivity index is 1.58. The lowest BCUT2D eigenvalue weighted by Gasteiger charge is -2.37. The van der Waals surface area contributed by atoms with E-state index in [2.05, 4.69) is 40.1 Å². The molecule has 3 heteroatoms. The first-order chi connectivity index (χ1) is 8.85. The first-order valence-corrected chi connectivity index (χ1v) is 6.88. The van der Waals surface area contributed by atoms with Crippen molar-refractivity contribution in [2.45, 2.75) is 25.1 Å². The molecule has 0 bridgehead atoms. The van der Waals surface area contributed by atoms with E-state index < -0.39 is 0 Å². The van der Waals surface area contributed by atoms with Crippen LogP contribution in [0.5, 0.6) is 0 Å². The van der Waals surface area contributed by atoms with Crippen LogP contribution in [0.1, 0.15) is 12.0 Å². The van der Waals surface area contributed by atoms with E-state index in [0.717, 1.165) is 13.1 Å². The van der Waals surface area contributed by atoms with Crippen molar-refractivity contribution in [2.75, 3.05) is 33.3 Å². The lowest BCUT2D eigenvalue weighted by atomic mass is 10.1. The van der Waals surface area contributed by atoms with Crippen LogP contribution in [-0.4, -0.2) is 55.2 Å². The Bertz CT molecular complexity index is 381. The molecule has 0 spiro atoms. The van der Waals surface area contributed by atoms with Gasteiger partial charge in [-0.1, -0.05) is 30.3 Å². The molecule has 1 aromatic carbocycles. The number of hydrogen-bond donors (Lipinski definition) is 0. The van der Waals surface area contributed by atoms with Crippen molar-refractivity contribution >= 4 is 0 Å². The molecule has 2 aliphatic heterocycles. The van der Waals surface area contributed by atoms with Crippen LogP contribution < -0.4 is 0 Å². The minimum absolute atomic E-state index is 0.451. The summed E-state index contributed by atoms with van der Waals surface area (Å²) < 4.78 is 5.50. The summed E-state index contributed by atoms with van der Waals surface area (Å²) in [5.74, 6) is 0. The molecule has 3 rings (SSSR count). The number of nitrogens with zero attached hydrogens (tertiary/aromatic N) is 2. The van der Waals surface area contributed by atoms with Gasteiger partial charge in [0, 0.05) is 45.9 Å². The second-order valence-corrected chi connectivity index (χ2v) is 5.46. The van der Waals surface area contributed by atoms with Crippen molar-refractivity contribution in [2.24, 2.45) is 0 Å². The first kappa shape index (κ1) is 12.2. The van der Waals surface area contributed by atoms with Crippen LogP contribution in [0, 0.1) is 0 Å². The smallest absolute Gasteiger partial charge is 0.0713 e. The largest absolute Gasteiger partial charge is 0.380 e. The van der Waals surface area contributed by atoms with Gasteiger partial charge in [0.1, 0.15) is 0 Å². The van der Waals surface area contributed by atoms with E-state index in [9.17, 15) is 0 Å². The fourth-order valence-electron chi connectivity index (χ4n) is 3.22. The zero-order chi connectivity index (χ0) is 12.4. The highest BCUT2D eigenvalue weighted by molar-refractivity contribution is 5.14. The first-order valence-electron chi connectivity index (χ1n) is 6.88. The molecule has 18 heavy (non-hydrogen) atoms. The van der Waals surface area contributed by atoms with Crippen molar-refractivity contribution in [3.8, 4) is 0 Å². The Hall–Kier alpha value is -0.900. The molecule has 2 fully saturated rings. The van der Waals surface area contributed by atoms with E-state index in [0.29, 0.717) is 12.1 Å². The van der Waals surface area contributed by atoms with E-state index in [1.54, 1.807) is 0 Å². The Morgan fingerprint density at radius 3 is 2.78 bits per heavy atom. The molecule has 0 aromatic heterocycles. The normalized spacial score (nSPS) is 29.4. The lowest BCUT2D eigenvalue weighted by Crippen LogP contribution is -2.49. The Kier molecular flexibility index (Phi) is 3.64. The van der Waals surface area contributed by atoms with Crippen molar-refractivity contribution in [1.29, 1.82) is 0 Å². The van der Waals surface area contributed by atoms with Gasteiger partial charge in [-0.25, -0.2) is 0 Å². The summed E-state index contributed by atoms with van der Waals surface area (Å²) >= 11 is 0. The molecule has 0 amide bonds. The van der Waals surface area contributed by atoms with E-state index in [1.807, 2.05) is 7.11 Å². The predicted molar refractivity (Wildman–Crippen MR) is 72.5 cm³/mol. The van der Waals surface area contributed by atoms with Gasteiger partial charge in [0.2, 0.25) is 0 Å². The predicted octanol–water partition coefficient (Wildman–Crippen LogP) is 1.59. The summed E-state index contributed by atoms with van der Waals surface area (Å²) in [6.45, 7) is 5.77. The van der Waals surface area contributed by atoms with Crippen molar-refractivity contribution < 1.29 is 4.74 Å². The molecule has 0 radical (unpaired) electrons. The Morgan fingerprint density at radius 2 is 2.00 bits per heavy atom. The fourth-order valence-corrected chi connectivity index (χ4v) is 3.22. The Labute approximate surface area is 109 Å². The van der Waals surface area contributed by atoms with Gasteiger partial charge in [-0.2, -0.15) is 0 Å². The molecule has 2 aliphatic rings. The third-order valence-electron chi connectivity index (χ3n) is 4.24. The maximum atomic E-state index is 5.50. The SMILES string of the molecule is COC1CC2CN(Cc3ccccc3)CCN2C1. The van der Waals surface area contributed by atoms with E-state index in [4.69, 9.17) is 4.74 Å². The zero-order valence-corrected chi connectivity index (χ0v) is 11.1. The monoisotopic (exact) mass is 246 g/mol. The quantitative estimate of drug-likeness (QED) is 0.805. The highest BCUT2D eigenvalue weighted by Crippen LogP contribution is 2.24. The van der Waals surface area contributed by atoms with Gasteiger partial charge in [0.15, 0.2) is 0 Å². The molecule has 0 aliphatic carbocycles. The summed E-state index contributed by atoms with van der Waals surface area (Å²) in [6, 6.07) is 11.5. The molecule has 1 aromatic rings. The van der Waals surface area contributed by atoms with Gasteiger partial charge < -0.3 is 4.74 Å². The molecular weight excluding hydrogens is 224 g/mol. The number of benzene rings is 1. The summed E-state index contributed by atoms with van der Waals surface area (Å²) in [5, 5.41) is 0. The van der Waals surface area contributed by atoms with Crippen molar-refractivity contribution in [1.82, 2.24) is 9.80 Å². The van der Waals surface area contributed by atoms with Crippen LogP contribution >= 0.6 is 0 Å². The van der Waals surface area contributed by atoms with Crippen LogP contribution in [0.25, 0.3) is 0 Å². The maximum Gasteiger partial charge on any atom is 0.0713 e. The third-order valence-corrected chi connectivity index (χ3v) is 4.24. The Morgan fingerprint density at radius 1 is 1.17 bits per heavy atom. The number of piperazine rings is 1. The topological polar surface area (TPSA) is 15.7 Å². The van der Waals surface area contributed by atoms with Gasteiger partial charge >= 0.3 is 0 Å². The van der Waals surface area contributed by atoms with Gasteiger partial charge in [-0.3, -0.25) is 9.80 Å². The standard InChI is InChI=1S/C15H22N2O/c1-18-15-9-14-11-16(7-8-17(14)12-15)10-13-5-3-2-4-6-13/h2-6,14-15H,7-12H2,1H3. The van der Waals surface area contributed by atoms with Gasteiger partial charge in [0.05, 0.1) is 6.10 Å². The number of hydrogen-bond acceptors (Lipinski definition) is 3. The van der Waals surface area contributed by atoms with Gasteiger partial charge in [0.25, 0.3) is 0 Å². The third kappa shape index (κ3) is 2.58. The van der Waals surface area contributed by atoms with Crippen LogP contribution in [0.4, 0.5) is 0 Å². The van der Waals surface area contributed by atoms with Crippen LogP contribution in [0.3, 0.4) is 0 Å². The molecule has 3 nitrogen and oxygen atoms in total. The number of fused-ring (bicyclic) bond motifs is 1. The highest BCUT2D eigenvalue weighted by atomic mass is 16.5. The zero-order valence-electron chi connectivity index (χ0n) is 11.1. The minimum atomic E-state index is 0.451. The van der Waals surface area contributed by atoms with Crippen LogP contribution in [-0.2, 0) is 11.3 Å². The average molecular weight is 246 g/mol. The molecule has 2 heterocycles.